The topological polar surface area (TPSA) is 43.3 Å². The Kier molecular flexibility index (Phi) is 4.35. The van der Waals surface area contributed by atoms with Crippen LogP contribution in [-0.4, -0.2) is 17.6 Å². The molecule has 1 amide bonds. The number of aromatic nitrogens is 1. The van der Waals surface area contributed by atoms with Gasteiger partial charge in [0.2, 0.25) is 0 Å². The second-order valence-electron chi connectivity index (χ2n) is 6.02. The number of methoxy groups -OCH3 is 1. The van der Waals surface area contributed by atoms with E-state index < -0.39 is 0 Å². The Balaban J connectivity index is 1.75. The molecule has 0 unspecified atom stereocenters. The number of amides is 1. The van der Waals surface area contributed by atoms with Crippen LogP contribution in [-0.2, 0) is 6.54 Å². The van der Waals surface area contributed by atoms with E-state index in [1.165, 1.54) is 12.8 Å². The number of nitrogens with one attached hydrogen (secondary N) is 1. The first kappa shape index (κ1) is 15.9. The molecule has 1 heterocycles. The van der Waals surface area contributed by atoms with E-state index in [2.05, 4.69) is 16.8 Å². The van der Waals surface area contributed by atoms with Crippen molar-refractivity contribution in [1.82, 2.24) is 9.88 Å². The van der Waals surface area contributed by atoms with Crippen LogP contribution >= 0.6 is 11.6 Å². The summed E-state index contributed by atoms with van der Waals surface area (Å²) in [6.07, 6.45) is 2.41. The zero-order chi connectivity index (χ0) is 16.6. The van der Waals surface area contributed by atoms with Gasteiger partial charge in [-0.1, -0.05) is 11.6 Å². The number of nitrogens with zero attached hydrogens (tertiary/aromatic N) is 1. The van der Waals surface area contributed by atoms with E-state index >= 15 is 0 Å². The molecule has 1 aromatic heterocycles. The summed E-state index contributed by atoms with van der Waals surface area (Å²) in [4.78, 5) is 12.5. The van der Waals surface area contributed by atoms with Crippen LogP contribution in [0.2, 0.25) is 5.02 Å². The molecule has 0 saturated heterocycles. The van der Waals surface area contributed by atoms with Crippen LogP contribution in [0.5, 0.6) is 5.75 Å². The van der Waals surface area contributed by atoms with Crippen LogP contribution < -0.4 is 10.1 Å². The summed E-state index contributed by atoms with van der Waals surface area (Å²) in [5.74, 6) is 0.658. The first-order valence-electron chi connectivity index (χ1n) is 7.80. The van der Waals surface area contributed by atoms with Crippen molar-refractivity contribution in [2.75, 3.05) is 7.11 Å². The molecular formula is C18H21ClN2O2. The minimum Gasteiger partial charge on any atom is -0.496 e. The normalized spacial score (nSPS) is 13.9. The predicted molar refractivity (Wildman–Crippen MR) is 91.4 cm³/mol. The number of ether oxygens (including phenoxy) is 1. The Morgan fingerprint density at radius 2 is 2.09 bits per heavy atom. The largest absolute Gasteiger partial charge is 0.496 e. The maximum Gasteiger partial charge on any atom is 0.253 e. The Hall–Kier alpha value is -1.94. The number of carbonyl (C=O) groups is 1. The highest BCUT2D eigenvalue weighted by molar-refractivity contribution is 6.30. The third-order valence-electron chi connectivity index (χ3n) is 4.32. The first-order valence-corrected chi connectivity index (χ1v) is 8.18. The molecule has 0 bridgehead atoms. The van der Waals surface area contributed by atoms with Gasteiger partial charge in [0.15, 0.2) is 0 Å². The maximum absolute atomic E-state index is 12.5. The van der Waals surface area contributed by atoms with Crippen LogP contribution in [0.4, 0.5) is 0 Å². The van der Waals surface area contributed by atoms with Gasteiger partial charge in [-0.25, -0.2) is 0 Å². The molecule has 0 aliphatic heterocycles. The molecule has 2 aromatic rings. The standard InChI is InChI=1S/C18H21ClN2O2/c1-11-8-16(12(2)21(11)15-5-6-15)18(22)20-10-13-9-14(19)4-7-17(13)23-3/h4,7-9,15H,5-6,10H2,1-3H3,(H,20,22). The molecule has 0 atom stereocenters. The number of halogens is 1. The fourth-order valence-corrected chi connectivity index (χ4v) is 3.25. The number of rotatable bonds is 5. The van der Waals surface area contributed by atoms with Gasteiger partial charge in [0.1, 0.15) is 5.75 Å². The van der Waals surface area contributed by atoms with Gasteiger partial charge >= 0.3 is 0 Å². The zero-order valence-electron chi connectivity index (χ0n) is 13.6. The third kappa shape index (κ3) is 3.22. The van der Waals surface area contributed by atoms with Gasteiger partial charge in [-0.2, -0.15) is 0 Å². The van der Waals surface area contributed by atoms with Gasteiger partial charge in [0.25, 0.3) is 5.91 Å². The van der Waals surface area contributed by atoms with Gasteiger partial charge < -0.3 is 14.6 Å². The van der Waals surface area contributed by atoms with Crippen molar-refractivity contribution in [1.29, 1.82) is 0 Å². The fraction of sp³-hybridized carbons (Fsp3) is 0.389. The van der Waals surface area contributed by atoms with E-state index in [1.54, 1.807) is 13.2 Å². The van der Waals surface area contributed by atoms with Crippen LogP contribution in [0.15, 0.2) is 24.3 Å². The molecule has 1 aromatic carbocycles. The molecule has 0 spiro atoms. The highest BCUT2D eigenvalue weighted by Gasteiger charge is 2.28. The molecule has 1 fully saturated rings. The molecule has 5 heteroatoms. The quantitative estimate of drug-likeness (QED) is 0.898. The molecule has 1 aliphatic rings. The summed E-state index contributed by atoms with van der Waals surface area (Å²) in [5.41, 5.74) is 3.80. The second kappa shape index (κ2) is 6.28. The maximum atomic E-state index is 12.5. The van der Waals surface area contributed by atoms with Crippen molar-refractivity contribution in [2.24, 2.45) is 0 Å². The van der Waals surface area contributed by atoms with Crippen LogP contribution in [0.1, 0.15) is 46.2 Å². The van der Waals surface area contributed by atoms with Crippen LogP contribution in [0.25, 0.3) is 0 Å². The smallest absolute Gasteiger partial charge is 0.253 e. The molecule has 1 aliphatic carbocycles. The summed E-state index contributed by atoms with van der Waals surface area (Å²) in [6.45, 7) is 4.46. The molecule has 23 heavy (non-hydrogen) atoms. The van der Waals surface area contributed by atoms with Gasteiger partial charge in [0.05, 0.1) is 12.7 Å². The summed E-state index contributed by atoms with van der Waals surface area (Å²) in [5, 5.41) is 3.59. The van der Waals surface area contributed by atoms with Crippen molar-refractivity contribution in [2.45, 2.75) is 39.3 Å². The number of hydrogen-bond donors (Lipinski definition) is 1. The fourth-order valence-electron chi connectivity index (χ4n) is 3.06. The van der Waals surface area contributed by atoms with Gasteiger partial charge in [0, 0.05) is 34.6 Å². The Morgan fingerprint density at radius 1 is 1.35 bits per heavy atom. The molecule has 0 radical (unpaired) electrons. The molecule has 3 rings (SSSR count). The van der Waals surface area contributed by atoms with E-state index in [1.807, 2.05) is 25.1 Å². The molecule has 122 valence electrons. The van der Waals surface area contributed by atoms with Crippen molar-refractivity contribution in [3.8, 4) is 5.75 Å². The minimum atomic E-state index is -0.0629. The van der Waals surface area contributed by atoms with Crippen LogP contribution in [0.3, 0.4) is 0 Å². The molecule has 1 saturated carbocycles. The average molecular weight is 333 g/mol. The highest BCUT2D eigenvalue weighted by Crippen LogP contribution is 2.38. The third-order valence-corrected chi connectivity index (χ3v) is 4.56. The predicted octanol–water partition coefficient (Wildman–Crippen LogP) is 4.03. The lowest BCUT2D eigenvalue weighted by Gasteiger charge is -2.11. The SMILES string of the molecule is COc1ccc(Cl)cc1CNC(=O)c1cc(C)n(C2CC2)c1C. The van der Waals surface area contributed by atoms with E-state index in [4.69, 9.17) is 16.3 Å². The lowest BCUT2D eigenvalue weighted by Crippen LogP contribution is -2.23. The number of benzene rings is 1. The first-order chi connectivity index (χ1) is 11.0. The Labute approximate surface area is 141 Å². The van der Waals surface area contributed by atoms with Crippen molar-refractivity contribution >= 4 is 17.5 Å². The highest BCUT2D eigenvalue weighted by atomic mass is 35.5. The minimum absolute atomic E-state index is 0.0629. The van der Waals surface area contributed by atoms with E-state index in [0.29, 0.717) is 17.6 Å². The molecule has 1 N–H and O–H groups in total. The lowest BCUT2D eigenvalue weighted by atomic mass is 10.2. The number of aryl methyl sites for hydroxylation is 1. The number of carbonyl (C=O) groups excluding carboxylic acids is 1. The number of hydrogen-bond acceptors (Lipinski definition) is 2. The summed E-state index contributed by atoms with van der Waals surface area (Å²) in [6, 6.07) is 7.94. The van der Waals surface area contributed by atoms with E-state index in [9.17, 15) is 4.79 Å². The summed E-state index contributed by atoms with van der Waals surface area (Å²) >= 11 is 6.03. The average Bonchev–Trinajstić information content (AvgIpc) is 3.30. The van der Waals surface area contributed by atoms with Gasteiger partial charge in [-0.3, -0.25) is 4.79 Å². The second-order valence-corrected chi connectivity index (χ2v) is 6.46. The zero-order valence-corrected chi connectivity index (χ0v) is 14.4. The summed E-state index contributed by atoms with van der Waals surface area (Å²) in [7, 11) is 1.61. The van der Waals surface area contributed by atoms with Gasteiger partial charge in [-0.15, -0.1) is 0 Å². The van der Waals surface area contributed by atoms with E-state index in [-0.39, 0.29) is 5.91 Å². The van der Waals surface area contributed by atoms with Crippen molar-refractivity contribution in [3.05, 3.63) is 51.8 Å². The monoisotopic (exact) mass is 332 g/mol. The Bertz CT molecular complexity index is 748. The molecule has 4 nitrogen and oxygen atoms in total. The van der Waals surface area contributed by atoms with Crippen LogP contribution in [0, 0.1) is 13.8 Å². The van der Waals surface area contributed by atoms with E-state index in [0.717, 1.165) is 28.3 Å². The Morgan fingerprint density at radius 3 is 2.74 bits per heavy atom. The molecular weight excluding hydrogens is 312 g/mol. The lowest BCUT2D eigenvalue weighted by molar-refractivity contribution is 0.0950. The van der Waals surface area contributed by atoms with Crippen molar-refractivity contribution < 1.29 is 9.53 Å². The van der Waals surface area contributed by atoms with Gasteiger partial charge in [-0.05, 0) is 51.0 Å². The van der Waals surface area contributed by atoms with Crippen molar-refractivity contribution in [3.63, 3.8) is 0 Å². The summed E-state index contributed by atoms with van der Waals surface area (Å²) < 4.78 is 7.58.